The summed E-state index contributed by atoms with van der Waals surface area (Å²) in [4.78, 5) is 0. The molecule has 0 heterocycles. The molecule has 0 spiro atoms. The van der Waals surface area contributed by atoms with E-state index in [1.807, 2.05) is 12.1 Å². The summed E-state index contributed by atoms with van der Waals surface area (Å²) in [5, 5.41) is 14.8. The maximum Gasteiger partial charge on any atom is 0.128 e. The highest BCUT2D eigenvalue weighted by molar-refractivity contribution is 6.36. The Balaban J connectivity index is 1.66. The van der Waals surface area contributed by atoms with Gasteiger partial charge in [-0.2, -0.15) is 10.4 Å². The van der Waals surface area contributed by atoms with Crippen molar-refractivity contribution in [3.05, 3.63) is 98.0 Å². The molecule has 7 heteroatoms. The van der Waals surface area contributed by atoms with Gasteiger partial charge in [0.25, 0.3) is 0 Å². The zero-order valence-electron chi connectivity index (χ0n) is 15.2. The highest BCUT2D eigenvalue weighted by Crippen LogP contribution is 2.24. The second-order valence-corrected chi connectivity index (χ2v) is 7.32. The van der Waals surface area contributed by atoms with Crippen molar-refractivity contribution in [2.24, 2.45) is 5.10 Å². The summed E-state index contributed by atoms with van der Waals surface area (Å²) in [5.74, 6) is 0.639. The minimum Gasteiger partial charge on any atom is -0.488 e. The van der Waals surface area contributed by atoms with Crippen molar-refractivity contribution in [1.29, 1.82) is 5.26 Å². The van der Waals surface area contributed by atoms with Crippen LogP contribution in [0.2, 0.25) is 15.1 Å². The number of hydrazone groups is 1. The smallest absolute Gasteiger partial charge is 0.128 e. The van der Waals surface area contributed by atoms with Gasteiger partial charge in [-0.05, 0) is 48.0 Å². The number of halogens is 3. The van der Waals surface area contributed by atoms with E-state index in [2.05, 4.69) is 16.6 Å². The number of nitriles is 1. The first-order chi connectivity index (χ1) is 14.1. The minimum absolute atomic E-state index is 0.358. The van der Waals surface area contributed by atoms with E-state index in [4.69, 9.17) is 44.8 Å². The van der Waals surface area contributed by atoms with Crippen LogP contribution < -0.4 is 10.2 Å². The van der Waals surface area contributed by atoms with Gasteiger partial charge in [0.05, 0.1) is 24.4 Å². The van der Waals surface area contributed by atoms with Gasteiger partial charge in [0.15, 0.2) is 0 Å². The lowest BCUT2D eigenvalue weighted by molar-refractivity contribution is 0.306. The van der Waals surface area contributed by atoms with Crippen molar-refractivity contribution < 1.29 is 4.74 Å². The van der Waals surface area contributed by atoms with Gasteiger partial charge < -0.3 is 10.2 Å². The molecule has 3 aromatic rings. The van der Waals surface area contributed by atoms with Gasteiger partial charge in [-0.1, -0.05) is 53.0 Å². The van der Waals surface area contributed by atoms with Crippen LogP contribution in [-0.2, 0) is 13.2 Å². The predicted octanol–water partition coefficient (Wildman–Crippen LogP) is 6.22. The Bertz CT molecular complexity index is 1040. The zero-order chi connectivity index (χ0) is 20.6. The molecule has 146 valence electrons. The van der Waals surface area contributed by atoms with Crippen molar-refractivity contribution in [1.82, 2.24) is 5.43 Å². The Kier molecular flexibility index (Phi) is 7.37. The number of hydrogen-bond donors (Lipinski definition) is 1. The molecular weight excluding hydrogens is 429 g/mol. The first-order valence-electron chi connectivity index (χ1n) is 8.67. The Morgan fingerprint density at radius 3 is 2.41 bits per heavy atom. The van der Waals surface area contributed by atoms with Crippen molar-refractivity contribution in [2.75, 3.05) is 0 Å². The molecule has 29 heavy (non-hydrogen) atoms. The Morgan fingerprint density at radius 1 is 1.00 bits per heavy atom. The molecule has 3 aromatic carbocycles. The summed E-state index contributed by atoms with van der Waals surface area (Å²) >= 11 is 18.4. The van der Waals surface area contributed by atoms with Crippen molar-refractivity contribution in [3.63, 3.8) is 0 Å². The number of ether oxygens (including phenoxy) is 1. The molecule has 3 rings (SSSR count). The highest BCUT2D eigenvalue weighted by atomic mass is 35.5. The van der Waals surface area contributed by atoms with Crippen molar-refractivity contribution >= 4 is 41.0 Å². The normalized spacial score (nSPS) is 10.7. The molecule has 0 aliphatic heterocycles. The van der Waals surface area contributed by atoms with E-state index in [1.165, 1.54) is 0 Å². The molecule has 0 aromatic heterocycles. The van der Waals surface area contributed by atoms with E-state index in [0.29, 0.717) is 39.5 Å². The molecule has 0 bridgehead atoms. The molecular formula is C22H16Cl3N3O. The fourth-order valence-corrected chi connectivity index (χ4v) is 3.24. The molecule has 0 amide bonds. The molecule has 0 saturated carbocycles. The van der Waals surface area contributed by atoms with Gasteiger partial charge in [0.2, 0.25) is 0 Å². The lowest BCUT2D eigenvalue weighted by Crippen LogP contribution is -2.07. The van der Waals surface area contributed by atoms with E-state index in [-0.39, 0.29) is 0 Å². The van der Waals surface area contributed by atoms with Gasteiger partial charge >= 0.3 is 0 Å². The van der Waals surface area contributed by atoms with Gasteiger partial charge in [-0.25, -0.2) is 0 Å². The standard InChI is InChI=1S/C22H16Cl3N3O/c23-18-8-9-22(29-14-16-6-4-15(11-26)5-7-16)17(10-18)12-27-28-13-19-20(24)2-1-3-21(19)25/h1-10,12,28H,13-14H2/b27-12-. The third-order valence-electron chi connectivity index (χ3n) is 4.06. The predicted molar refractivity (Wildman–Crippen MR) is 118 cm³/mol. The van der Waals surface area contributed by atoms with Crippen LogP contribution in [0.4, 0.5) is 0 Å². The van der Waals surface area contributed by atoms with Crippen LogP contribution >= 0.6 is 34.8 Å². The van der Waals surface area contributed by atoms with Crippen LogP contribution in [0.15, 0.2) is 65.8 Å². The SMILES string of the molecule is N#Cc1ccc(COc2ccc(Cl)cc2/C=N\NCc2c(Cl)cccc2Cl)cc1. The average Bonchev–Trinajstić information content (AvgIpc) is 2.72. The third-order valence-corrected chi connectivity index (χ3v) is 5.00. The van der Waals surface area contributed by atoms with Crippen LogP contribution in [0.1, 0.15) is 22.3 Å². The van der Waals surface area contributed by atoms with Gasteiger partial charge in [-0.3, -0.25) is 0 Å². The molecule has 1 N–H and O–H groups in total. The summed E-state index contributed by atoms with van der Waals surface area (Å²) in [6.07, 6.45) is 1.63. The van der Waals surface area contributed by atoms with Crippen LogP contribution in [0.3, 0.4) is 0 Å². The largest absolute Gasteiger partial charge is 0.488 e. The molecule has 0 aliphatic carbocycles. The summed E-state index contributed by atoms with van der Waals surface area (Å²) in [6.45, 7) is 0.744. The number of hydrogen-bond acceptors (Lipinski definition) is 4. The molecule has 0 saturated heterocycles. The Hall–Kier alpha value is -2.71. The topological polar surface area (TPSA) is 57.4 Å². The Morgan fingerprint density at radius 2 is 1.72 bits per heavy atom. The number of rotatable bonds is 7. The van der Waals surface area contributed by atoms with E-state index >= 15 is 0 Å². The zero-order valence-corrected chi connectivity index (χ0v) is 17.5. The summed E-state index contributed by atoms with van der Waals surface area (Å²) in [7, 11) is 0. The summed E-state index contributed by atoms with van der Waals surface area (Å²) in [5.41, 5.74) is 6.00. The molecule has 0 unspecified atom stereocenters. The highest BCUT2D eigenvalue weighted by Gasteiger charge is 2.06. The van der Waals surface area contributed by atoms with E-state index in [0.717, 1.165) is 16.7 Å². The maximum absolute atomic E-state index is 8.88. The van der Waals surface area contributed by atoms with E-state index < -0.39 is 0 Å². The first kappa shape index (κ1) is 21.0. The van der Waals surface area contributed by atoms with Crippen LogP contribution in [-0.4, -0.2) is 6.21 Å². The number of nitrogens with zero attached hydrogens (tertiary/aromatic N) is 2. The number of benzene rings is 3. The lowest BCUT2D eigenvalue weighted by Gasteiger charge is -2.10. The molecule has 4 nitrogen and oxygen atoms in total. The fourth-order valence-electron chi connectivity index (χ4n) is 2.53. The second-order valence-electron chi connectivity index (χ2n) is 6.07. The monoisotopic (exact) mass is 443 g/mol. The Labute approximate surface area is 184 Å². The lowest BCUT2D eigenvalue weighted by atomic mass is 10.1. The second kappa shape index (κ2) is 10.2. The summed E-state index contributed by atoms with van der Waals surface area (Å²) in [6, 6.07) is 20.0. The summed E-state index contributed by atoms with van der Waals surface area (Å²) < 4.78 is 5.90. The first-order valence-corrected chi connectivity index (χ1v) is 9.80. The fraction of sp³-hybridized carbons (Fsp3) is 0.0909. The quantitative estimate of drug-likeness (QED) is 0.347. The maximum atomic E-state index is 8.88. The number of nitrogens with one attached hydrogen (secondary N) is 1. The molecule has 0 atom stereocenters. The third kappa shape index (κ3) is 5.88. The van der Waals surface area contributed by atoms with Crippen molar-refractivity contribution in [3.8, 4) is 11.8 Å². The molecule has 0 radical (unpaired) electrons. The van der Waals surface area contributed by atoms with Crippen LogP contribution in [0.25, 0.3) is 0 Å². The van der Waals surface area contributed by atoms with E-state index in [9.17, 15) is 0 Å². The van der Waals surface area contributed by atoms with Gasteiger partial charge in [0, 0.05) is 26.2 Å². The molecule has 0 aliphatic rings. The van der Waals surface area contributed by atoms with Gasteiger partial charge in [-0.15, -0.1) is 0 Å². The average molecular weight is 445 g/mol. The van der Waals surface area contributed by atoms with Crippen molar-refractivity contribution in [2.45, 2.75) is 13.2 Å². The van der Waals surface area contributed by atoms with Gasteiger partial charge in [0.1, 0.15) is 12.4 Å². The molecule has 0 fully saturated rings. The van der Waals surface area contributed by atoms with Crippen LogP contribution in [0, 0.1) is 11.3 Å². The minimum atomic E-state index is 0.358. The van der Waals surface area contributed by atoms with E-state index in [1.54, 1.807) is 54.7 Å². The van der Waals surface area contributed by atoms with Crippen LogP contribution in [0.5, 0.6) is 5.75 Å².